The zero-order valence-corrected chi connectivity index (χ0v) is 18.0. The Bertz CT molecular complexity index is 919. The summed E-state index contributed by atoms with van der Waals surface area (Å²) in [4.78, 5) is 37.3. The molecule has 0 spiro atoms. The van der Waals surface area contributed by atoms with E-state index in [2.05, 4.69) is 16.2 Å². The molecule has 0 aromatic heterocycles. The van der Waals surface area contributed by atoms with Crippen LogP contribution >= 0.6 is 34.8 Å². The van der Waals surface area contributed by atoms with Gasteiger partial charge in [-0.1, -0.05) is 60.8 Å². The number of hydrazine groups is 1. The van der Waals surface area contributed by atoms with Gasteiger partial charge in [-0.3, -0.25) is 25.2 Å². The van der Waals surface area contributed by atoms with Gasteiger partial charge >= 0.3 is 0 Å². The highest BCUT2D eigenvalue weighted by Gasteiger charge is 2.24. The zero-order chi connectivity index (χ0) is 21.6. The van der Waals surface area contributed by atoms with Crippen molar-refractivity contribution in [3.05, 3.63) is 68.7 Å². The minimum atomic E-state index is -0.888. The molecule has 2 rings (SSSR count). The van der Waals surface area contributed by atoms with Crippen molar-refractivity contribution in [2.75, 3.05) is 0 Å². The third-order valence-corrected chi connectivity index (χ3v) is 4.80. The first-order valence-electron chi connectivity index (χ1n) is 8.79. The first kappa shape index (κ1) is 23.0. The van der Waals surface area contributed by atoms with Crippen LogP contribution in [0.5, 0.6) is 0 Å². The molecule has 0 bridgehead atoms. The Labute approximate surface area is 183 Å². The lowest BCUT2D eigenvalue weighted by atomic mass is 10.0. The molecule has 0 fully saturated rings. The van der Waals surface area contributed by atoms with E-state index >= 15 is 0 Å². The van der Waals surface area contributed by atoms with Gasteiger partial charge in [0.1, 0.15) is 6.04 Å². The van der Waals surface area contributed by atoms with Crippen molar-refractivity contribution in [1.82, 2.24) is 16.2 Å². The second kappa shape index (κ2) is 10.5. The lowest BCUT2D eigenvalue weighted by Crippen LogP contribution is -2.52. The Kier molecular flexibility index (Phi) is 8.32. The fourth-order valence-electron chi connectivity index (χ4n) is 2.53. The minimum absolute atomic E-state index is 0.103. The van der Waals surface area contributed by atoms with Gasteiger partial charge in [0.25, 0.3) is 17.7 Å². The molecule has 29 heavy (non-hydrogen) atoms. The van der Waals surface area contributed by atoms with Gasteiger partial charge in [-0.15, -0.1) is 0 Å². The van der Waals surface area contributed by atoms with E-state index in [1.165, 1.54) is 24.3 Å². The van der Waals surface area contributed by atoms with Gasteiger partial charge in [0, 0.05) is 5.02 Å². The Balaban J connectivity index is 2.06. The number of benzene rings is 2. The van der Waals surface area contributed by atoms with E-state index in [-0.39, 0.29) is 27.1 Å². The molecule has 154 valence electrons. The summed E-state index contributed by atoms with van der Waals surface area (Å²) >= 11 is 17.9. The van der Waals surface area contributed by atoms with Crippen LogP contribution < -0.4 is 16.2 Å². The fourth-order valence-corrected chi connectivity index (χ4v) is 3.25. The maximum absolute atomic E-state index is 12.6. The highest BCUT2D eigenvalue weighted by atomic mass is 35.5. The molecular formula is C20H20Cl3N3O3. The zero-order valence-electron chi connectivity index (χ0n) is 15.8. The summed E-state index contributed by atoms with van der Waals surface area (Å²) in [5.74, 6) is -1.56. The van der Waals surface area contributed by atoms with E-state index in [4.69, 9.17) is 34.8 Å². The van der Waals surface area contributed by atoms with Crippen molar-refractivity contribution in [3.8, 4) is 0 Å². The van der Waals surface area contributed by atoms with E-state index in [0.717, 1.165) is 0 Å². The first-order chi connectivity index (χ1) is 13.7. The van der Waals surface area contributed by atoms with Crippen molar-refractivity contribution in [3.63, 3.8) is 0 Å². The largest absolute Gasteiger partial charge is 0.340 e. The molecule has 0 saturated carbocycles. The van der Waals surface area contributed by atoms with Crippen LogP contribution in [0.2, 0.25) is 15.1 Å². The average molecular weight is 457 g/mol. The van der Waals surface area contributed by atoms with Crippen LogP contribution in [-0.4, -0.2) is 23.8 Å². The van der Waals surface area contributed by atoms with Crippen molar-refractivity contribution in [2.45, 2.75) is 26.3 Å². The van der Waals surface area contributed by atoms with Crippen LogP contribution in [0.25, 0.3) is 0 Å². The summed E-state index contributed by atoms with van der Waals surface area (Å²) in [5, 5.41) is 3.46. The summed E-state index contributed by atoms with van der Waals surface area (Å²) in [6, 6.07) is 10.00. The lowest BCUT2D eigenvalue weighted by Gasteiger charge is -2.21. The van der Waals surface area contributed by atoms with E-state index in [1.807, 2.05) is 13.8 Å². The van der Waals surface area contributed by atoms with Crippen molar-refractivity contribution < 1.29 is 14.4 Å². The normalized spacial score (nSPS) is 11.7. The number of rotatable bonds is 6. The second-order valence-electron chi connectivity index (χ2n) is 6.70. The lowest BCUT2D eigenvalue weighted by molar-refractivity contribution is -0.124. The van der Waals surface area contributed by atoms with E-state index in [0.29, 0.717) is 11.4 Å². The summed E-state index contributed by atoms with van der Waals surface area (Å²) in [7, 11) is 0. The summed E-state index contributed by atoms with van der Waals surface area (Å²) in [6.45, 7) is 3.81. The molecule has 6 nitrogen and oxygen atoms in total. The first-order valence-corrected chi connectivity index (χ1v) is 9.93. The third-order valence-electron chi connectivity index (χ3n) is 3.92. The molecule has 2 aromatic carbocycles. The van der Waals surface area contributed by atoms with Crippen LogP contribution in [0.4, 0.5) is 0 Å². The van der Waals surface area contributed by atoms with Crippen LogP contribution in [0, 0.1) is 5.92 Å². The quantitative estimate of drug-likeness (QED) is 0.568. The van der Waals surface area contributed by atoms with Crippen molar-refractivity contribution in [2.24, 2.45) is 5.92 Å². The van der Waals surface area contributed by atoms with Crippen molar-refractivity contribution in [1.29, 1.82) is 0 Å². The number of carbonyl (C=O) groups excluding carboxylic acids is 3. The minimum Gasteiger partial charge on any atom is -0.340 e. The molecule has 3 N–H and O–H groups in total. The highest BCUT2D eigenvalue weighted by molar-refractivity contribution is 6.36. The smallest absolute Gasteiger partial charge is 0.271 e. The number of hydrogen-bond donors (Lipinski definition) is 3. The third kappa shape index (κ3) is 6.63. The van der Waals surface area contributed by atoms with Gasteiger partial charge < -0.3 is 5.32 Å². The highest BCUT2D eigenvalue weighted by Crippen LogP contribution is 2.21. The van der Waals surface area contributed by atoms with E-state index in [1.54, 1.807) is 18.2 Å². The second-order valence-corrected chi connectivity index (χ2v) is 7.95. The molecule has 3 amide bonds. The number of amides is 3. The molecule has 0 aliphatic rings. The summed E-state index contributed by atoms with van der Waals surface area (Å²) < 4.78 is 0. The number of halogens is 3. The van der Waals surface area contributed by atoms with Gasteiger partial charge in [0.2, 0.25) is 0 Å². The monoisotopic (exact) mass is 455 g/mol. The average Bonchev–Trinajstić information content (AvgIpc) is 2.65. The standard InChI is InChI=1S/C20H20Cl3N3O3/c1-11(2)9-17(24-18(27)14-8-7-12(21)10-16(14)23)20(29)26-25-19(28)13-5-3-4-6-15(13)22/h3-8,10-11,17H,9H2,1-2H3,(H,24,27)(H,25,28)(H,26,29). The van der Waals surface area contributed by atoms with Gasteiger partial charge in [0.15, 0.2) is 0 Å². The number of carbonyl (C=O) groups is 3. The number of nitrogens with one attached hydrogen (secondary N) is 3. The van der Waals surface area contributed by atoms with Crippen LogP contribution in [-0.2, 0) is 4.79 Å². The topological polar surface area (TPSA) is 87.3 Å². The van der Waals surface area contributed by atoms with Crippen molar-refractivity contribution >= 4 is 52.5 Å². The molecule has 2 aromatic rings. The van der Waals surface area contributed by atoms with Crippen LogP contribution in [0.1, 0.15) is 41.0 Å². The van der Waals surface area contributed by atoms with E-state index < -0.39 is 23.8 Å². The maximum atomic E-state index is 12.6. The molecule has 0 heterocycles. The summed E-state index contributed by atoms with van der Waals surface area (Å²) in [5.41, 5.74) is 5.04. The van der Waals surface area contributed by atoms with Gasteiger partial charge in [-0.2, -0.15) is 0 Å². The summed E-state index contributed by atoms with van der Waals surface area (Å²) in [6.07, 6.45) is 0.352. The van der Waals surface area contributed by atoms with Gasteiger partial charge in [-0.05, 0) is 42.7 Å². The molecule has 0 saturated heterocycles. The van der Waals surface area contributed by atoms with Crippen LogP contribution in [0.15, 0.2) is 42.5 Å². The Hall–Kier alpha value is -2.28. The van der Waals surface area contributed by atoms with Gasteiger partial charge in [-0.25, -0.2) is 0 Å². The van der Waals surface area contributed by atoms with E-state index in [9.17, 15) is 14.4 Å². The molecular weight excluding hydrogens is 437 g/mol. The predicted octanol–water partition coefficient (Wildman–Crippen LogP) is 4.25. The number of hydrogen-bond acceptors (Lipinski definition) is 3. The molecule has 1 atom stereocenters. The maximum Gasteiger partial charge on any atom is 0.271 e. The Morgan fingerprint density at radius 2 is 1.52 bits per heavy atom. The Morgan fingerprint density at radius 1 is 0.862 bits per heavy atom. The molecule has 1 unspecified atom stereocenters. The molecule has 0 aliphatic carbocycles. The molecule has 9 heteroatoms. The fraction of sp³-hybridized carbons (Fsp3) is 0.250. The molecule has 0 radical (unpaired) electrons. The molecule has 0 aliphatic heterocycles. The van der Waals surface area contributed by atoms with Crippen LogP contribution in [0.3, 0.4) is 0 Å². The Morgan fingerprint density at radius 3 is 2.14 bits per heavy atom. The van der Waals surface area contributed by atoms with Gasteiger partial charge in [0.05, 0.1) is 21.2 Å². The SMILES string of the molecule is CC(C)CC(NC(=O)c1ccc(Cl)cc1Cl)C(=O)NNC(=O)c1ccccc1Cl. The predicted molar refractivity (Wildman–Crippen MR) is 114 cm³/mol.